The van der Waals surface area contributed by atoms with Crippen LogP contribution in [0.5, 0.6) is 0 Å². The lowest BCUT2D eigenvalue weighted by Gasteiger charge is -2.42. The van der Waals surface area contributed by atoms with Crippen LogP contribution in [0.3, 0.4) is 0 Å². The zero-order valence-electron chi connectivity index (χ0n) is 15.8. The van der Waals surface area contributed by atoms with E-state index in [0.717, 1.165) is 23.8 Å². The Morgan fingerprint density at radius 3 is 2.58 bits per heavy atom. The second-order valence-electron chi connectivity index (χ2n) is 8.72. The number of rotatable bonds is 4. The van der Waals surface area contributed by atoms with Crippen molar-refractivity contribution in [2.75, 3.05) is 0 Å². The van der Waals surface area contributed by atoms with Crippen molar-refractivity contribution in [2.24, 2.45) is 17.8 Å². The molecule has 2 heteroatoms. The molecule has 0 radical (unpaired) electrons. The van der Waals surface area contributed by atoms with E-state index in [2.05, 4.69) is 13.0 Å². The monoisotopic (exact) mass is 356 g/mol. The molecule has 2 aliphatic carbocycles. The molecular formula is C24H30F2. The smallest absolute Gasteiger partial charge is 0.133 e. The van der Waals surface area contributed by atoms with Crippen LogP contribution in [0, 0.1) is 29.4 Å². The molecule has 2 saturated carbocycles. The first-order valence-electron chi connectivity index (χ1n) is 10.5. The fraction of sp³-hybridized carbons (Fsp3) is 0.583. The standard InChI is InChI=1S/C24H30F2/c1-2-3-4-16-5-6-18-12-19(8-7-17(18)11-16)20-9-10-23-21(13-20)14-22(25)15-24(23)26/h9-10,13-19H,2-8,11-12H2,1H3. The van der Waals surface area contributed by atoms with Crippen molar-refractivity contribution in [1.82, 2.24) is 0 Å². The third-order valence-corrected chi connectivity index (χ3v) is 7.05. The van der Waals surface area contributed by atoms with Gasteiger partial charge < -0.3 is 0 Å². The third-order valence-electron chi connectivity index (χ3n) is 7.05. The molecule has 0 N–H and O–H groups in total. The van der Waals surface area contributed by atoms with Crippen molar-refractivity contribution < 1.29 is 8.78 Å². The van der Waals surface area contributed by atoms with Crippen LogP contribution in [0.2, 0.25) is 0 Å². The van der Waals surface area contributed by atoms with E-state index in [1.54, 1.807) is 0 Å². The highest BCUT2D eigenvalue weighted by molar-refractivity contribution is 5.84. The Labute approximate surface area is 156 Å². The van der Waals surface area contributed by atoms with Gasteiger partial charge in [-0.1, -0.05) is 50.8 Å². The first-order valence-corrected chi connectivity index (χ1v) is 10.5. The number of halogens is 2. The lowest BCUT2D eigenvalue weighted by atomic mass is 9.63. The van der Waals surface area contributed by atoms with Gasteiger partial charge in [-0.25, -0.2) is 8.78 Å². The number of hydrogen-bond donors (Lipinski definition) is 0. The first-order chi connectivity index (χ1) is 12.6. The highest BCUT2D eigenvalue weighted by Crippen LogP contribution is 2.48. The molecule has 2 fully saturated rings. The summed E-state index contributed by atoms with van der Waals surface area (Å²) in [6.07, 6.45) is 12.2. The van der Waals surface area contributed by atoms with Crippen LogP contribution in [-0.4, -0.2) is 0 Å². The predicted molar refractivity (Wildman–Crippen MR) is 104 cm³/mol. The van der Waals surface area contributed by atoms with Crippen LogP contribution in [0.4, 0.5) is 8.78 Å². The average Bonchev–Trinajstić information content (AvgIpc) is 2.65. The van der Waals surface area contributed by atoms with Crippen molar-refractivity contribution in [3.8, 4) is 0 Å². The van der Waals surface area contributed by atoms with Gasteiger partial charge in [-0.15, -0.1) is 0 Å². The van der Waals surface area contributed by atoms with E-state index in [-0.39, 0.29) is 0 Å². The van der Waals surface area contributed by atoms with Crippen molar-refractivity contribution in [1.29, 1.82) is 0 Å². The Balaban J connectivity index is 1.47. The summed E-state index contributed by atoms with van der Waals surface area (Å²) in [6.45, 7) is 2.29. The zero-order valence-corrected chi connectivity index (χ0v) is 15.8. The molecule has 4 rings (SSSR count). The van der Waals surface area contributed by atoms with Crippen LogP contribution in [0.25, 0.3) is 10.8 Å². The highest BCUT2D eigenvalue weighted by atomic mass is 19.1. The second-order valence-corrected chi connectivity index (χ2v) is 8.72. The molecule has 0 amide bonds. The van der Waals surface area contributed by atoms with Gasteiger partial charge in [0.15, 0.2) is 0 Å². The number of fused-ring (bicyclic) bond motifs is 2. The molecule has 2 aromatic rings. The van der Waals surface area contributed by atoms with Crippen LogP contribution in [0.1, 0.15) is 76.2 Å². The Kier molecular flexibility index (Phi) is 5.29. The Bertz CT molecular complexity index is 766. The summed E-state index contributed by atoms with van der Waals surface area (Å²) in [6, 6.07) is 8.38. The average molecular weight is 357 g/mol. The summed E-state index contributed by atoms with van der Waals surface area (Å²) in [4.78, 5) is 0. The largest absolute Gasteiger partial charge is 0.207 e. The van der Waals surface area contributed by atoms with Gasteiger partial charge in [0.1, 0.15) is 11.6 Å². The van der Waals surface area contributed by atoms with Gasteiger partial charge in [0.05, 0.1) is 0 Å². The van der Waals surface area contributed by atoms with E-state index in [1.165, 1.54) is 69.4 Å². The van der Waals surface area contributed by atoms with E-state index in [0.29, 0.717) is 16.7 Å². The van der Waals surface area contributed by atoms with E-state index in [1.807, 2.05) is 12.1 Å². The Morgan fingerprint density at radius 1 is 0.923 bits per heavy atom. The number of hydrogen-bond acceptors (Lipinski definition) is 0. The van der Waals surface area contributed by atoms with Gasteiger partial charge >= 0.3 is 0 Å². The van der Waals surface area contributed by atoms with Crippen LogP contribution < -0.4 is 0 Å². The summed E-state index contributed by atoms with van der Waals surface area (Å²) in [5, 5.41) is 1.23. The highest BCUT2D eigenvalue weighted by Gasteiger charge is 2.35. The van der Waals surface area contributed by atoms with Crippen LogP contribution in [-0.2, 0) is 0 Å². The van der Waals surface area contributed by atoms with Crippen molar-refractivity contribution in [3.05, 3.63) is 47.5 Å². The number of benzene rings is 2. The maximum absolute atomic E-state index is 13.9. The maximum Gasteiger partial charge on any atom is 0.133 e. The minimum atomic E-state index is -0.485. The van der Waals surface area contributed by atoms with Gasteiger partial charge in [-0.3, -0.25) is 0 Å². The van der Waals surface area contributed by atoms with Crippen molar-refractivity contribution >= 4 is 10.8 Å². The van der Waals surface area contributed by atoms with Gasteiger partial charge in [0.2, 0.25) is 0 Å². The van der Waals surface area contributed by atoms with Crippen molar-refractivity contribution in [2.45, 2.75) is 70.6 Å². The van der Waals surface area contributed by atoms with E-state index in [9.17, 15) is 8.78 Å². The summed E-state index contributed by atoms with van der Waals surface area (Å²) in [5.41, 5.74) is 1.27. The summed E-state index contributed by atoms with van der Waals surface area (Å²) in [7, 11) is 0. The molecule has 0 heterocycles. The summed E-state index contributed by atoms with van der Waals surface area (Å²) in [5.74, 6) is 2.34. The first kappa shape index (κ1) is 17.9. The quantitative estimate of drug-likeness (QED) is 0.529. The molecule has 0 spiro atoms. The van der Waals surface area contributed by atoms with Gasteiger partial charge in [-0.05, 0) is 72.8 Å². The Hall–Kier alpha value is -1.44. The molecule has 4 unspecified atom stereocenters. The molecule has 0 nitrogen and oxygen atoms in total. The molecule has 0 saturated heterocycles. The minimum Gasteiger partial charge on any atom is -0.207 e. The fourth-order valence-electron chi connectivity index (χ4n) is 5.61. The lowest BCUT2D eigenvalue weighted by molar-refractivity contribution is 0.113. The molecule has 140 valence electrons. The van der Waals surface area contributed by atoms with Gasteiger partial charge in [0.25, 0.3) is 0 Å². The van der Waals surface area contributed by atoms with E-state index < -0.39 is 11.6 Å². The van der Waals surface area contributed by atoms with Crippen molar-refractivity contribution in [3.63, 3.8) is 0 Å². The topological polar surface area (TPSA) is 0 Å². The van der Waals surface area contributed by atoms with E-state index in [4.69, 9.17) is 0 Å². The molecule has 0 bridgehead atoms. The number of unbranched alkanes of at least 4 members (excludes halogenated alkanes) is 1. The van der Waals surface area contributed by atoms with Gasteiger partial charge in [0, 0.05) is 11.5 Å². The predicted octanol–water partition coefficient (Wildman–Crippen LogP) is 7.61. The normalized spacial score (nSPS) is 28.9. The minimum absolute atomic E-state index is 0.458. The lowest BCUT2D eigenvalue weighted by Crippen LogP contribution is -2.30. The maximum atomic E-state index is 13.9. The molecule has 0 aliphatic heterocycles. The molecular weight excluding hydrogens is 326 g/mol. The SMILES string of the molecule is CCCCC1CCC2CC(c3ccc4c(F)cc(F)cc4c3)CCC2C1. The van der Waals surface area contributed by atoms with E-state index >= 15 is 0 Å². The van der Waals surface area contributed by atoms with Crippen LogP contribution in [0.15, 0.2) is 30.3 Å². The molecule has 2 aromatic carbocycles. The molecule has 26 heavy (non-hydrogen) atoms. The molecule has 4 atom stereocenters. The third kappa shape index (κ3) is 3.66. The van der Waals surface area contributed by atoms with Gasteiger partial charge in [-0.2, -0.15) is 0 Å². The van der Waals surface area contributed by atoms with Crippen LogP contribution >= 0.6 is 0 Å². The fourth-order valence-corrected chi connectivity index (χ4v) is 5.61. The summed E-state index contributed by atoms with van der Waals surface area (Å²) < 4.78 is 27.5. The molecule has 2 aliphatic rings. The second kappa shape index (κ2) is 7.66. The Morgan fingerprint density at radius 2 is 1.73 bits per heavy atom. The summed E-state index contributed by atoms with van der Waals surface area (Å²) >= 11 is 0. The zero-order chi connectivity index (χ0) is 18.1. The molecule has 0 aromatic heterocycles.